The summed E-state index contributed by atoms with van der Waals surface area (Å²) in [5.41, 5.74) is 2.79. The molecule has 2 aromatic rings. The number of unbranched alkanes of at least 4 members (excludes halogenated alkanes) is 10. The predicted octanol–water partition coefficient (Wildman–Crippen LogP) is 10.2. The average Bonchev–Trinajstić information content (AvgIpc) is 3.43. The van der Waals surface area contributed by atoms with Crippen LogP contribution in [0.1, 0.15) is 134 Å². The van der Waals surface area contributed by atoms with Gasteiger partial charge in [0.15, 0.2) is 5.79 Å². The molecule has 1 saturated carbocycles. The van der Waals surface area contributed by atoms with E-state index in [0.29, 0.717) is 5.92 Å². The first-order valence-corrected chi connectivity index (χ1v) is 15.6. The van der Waals surface area contributed by atoms with Crippen molar-refractivity contribution in [3.8, 4) is 0 Å². The highest BCUT2D eigenvalue weighted by molar-refractivity contribution is 5.37. The maximum Gasteiger partial charge on any atom is 0.175 e. The fraction of sp³-hybridized carbons (Fsp3) is 0.657. The zero-order valence-electron chi connectivity index (χ0n) is 23.8. The Hall–Kier alpha value is -1.64. The molecule has 3 atom stereocenters. The van der Waals surface area contributed by atoms with Gasteiger partial charge in [0.2, 0.25) is 0 Å². The molecule has 1 aliphatic heterocycles. The minimum Gasteiger partial charge on any atom is -0.349 e. The number of ether oxygens (including phenoxy) is 2. The van der Waals surface area contributed by atoms with Crippen molar-refractivity contribution in [2.75, 3.05) is 6.61 Å². The second-order valence-electron chi connectivity index (χ2n) is 11.9. The van der Waals surface area contributed by atoms with E-state index < -0.39 is 5.79 Å². The van der Waals surface area contributed by atoms with Crippen molar-refractivity contribution in [3.63, 3.8) is 0 Å². The highest BCUT2D eigenvalue weighted by atomic mass is 16.7. The van der Waals surface area contributed by atoms with Crippen LogP contribution in [0.3, 0.4) is 0 Å². The first-order valence-electron chi connectivity index (χ1n) is 15.6. The zero-order valence-corrected chi connectivity index (χ0v) is 23.8. The number of benzene rings is 2. The Labute approximate surface area is 227 Å². The summed E-state index contributed by atoms with van der Waals surface area (Å²) in [6, 6.07) is 22.2. The topological polar surface area (TPSA) is 18.5 Å². The minimum absolute atomic E-state index is 0.00109. The Kier molecular flexibility index (Phi) is 11.1. The van der Waals surface area contributed by atoms with Crippen molar-refractivity contribution in [2.45, 2.75) is 134 Å². The van der Waals surface area contributed by atoms with E-state index in [1.807, 2.05) is 0 Å². The largest absolute Gasteiger partial charge is 0.349 e. The maximum absolute atomic E-state index is 7.02. The van der Waals surface area contributed by atoms with Crippen molar-refractivity contribution < 1.29 is 9.47 Å². The molecule has 2 nitrogen and oxygen atoms in total. The van der Waals surface area contributed by atoms with Gasteiger partial charge in [-0.05, 0) is 43.7 Å². The van der Waals surface area contributed by atoms with Crippen LogP contribution in [0.4, 0.5) is 0 Å². The maximum atomic E-state index is 7.02. The van der Waals surface area contributed by atoms with Crippen LogP contribution in [-0.4, -0.2) is 18.5 Å². The fourth-order valence-electron chi connectivity index (χ4n) is 7.33. The molecule has 0 radical (unpaired) electrons. The van der Waals surface area contributed by atoms with Gasteiger partial charge in [-0.2, -0.15) is 0 Å². The van der Waals surface area contributed by atoms with Gasteiger partial charge in [-0.3, -0.25) is 0 Å². The molecule has 1 aliphatic carbocycles. The lowest BCUT2D eigenvalue weighted by Crippen LogP contribution is -2.48. The van der Waals surface area contributed by atoms with Gasteiger partial charge in [-0.1, -0.05) is 138 Å². The molecule has 2 aliphatic rings. The first-order chi connectivity index (χ1) is 18.2. The van der Waals surface area contributed by atoms with E-state index in [9.17, 15) is 0 Å². The molecule has 204 valence electrons. The smallest absolute Gasteiger partial charge is 0.175 e. The summed E-state index contributed by atoms with van der Waals surface area (Å²) in [5, 5.41) is 0. The molecule has 0 aromatic heterocycles. The summed E-state index contributed by atoms with van der Waals surface area (Å²) < 4.78 is 13.7. The molecule has 2 heteroatoms. The molecule has 2 aromatic carbocycles. The van der Waals surface area contributed by atoms with Gasteiger partial charge in [-0.25, -0.2) is 0 Å². The molecule has 0 spiro atoms. The summed E-state index contributed by atoms with van der Waals surface area (Å²) in [4.78, 5) is 0. The molecule has 0 N–H and O–H groups in total. The average molecular weight is 505 g/mol. The van der Waals surface area contributed by atoms with Gasteiger partial charge in [0, 0.05) is 17.8 Å². The summed E-state index contributed by atoms with van der Waals surface area (Å²) >= 11 is 0. The third-order valence-corrected chi connectivity index (χ3v) is 9.19. The standard InChI is InChI=1S/C35H52O2/c1-3-4-5-6-7-8-9-10-11-12-15-21-30(2)37-35-27-20-26-34(35,28-29-36-35)33(31-22-16-13-17-23-31)32-24-18-14-19-25-32/h13-14,16-19,22-25,30,33H,3-12,15,20-21,26-29H2,1-2H3/t30-,34-,35+/m1/s1. The van der Waals surface area contributed by atoms with Crippen molar-refractivity contribution in [3.05, 3.63) is 71.8 Å². The van der Waals surface area contributed by atoms with Crippen molar-refractivity contribution >= 4 is 0 Å². The molecule has 0 unspecified atom stereocenters. The first kappa shape index (κ1) is 28.4. The fourth-order valence-corrected chi connectivity index (χ4v) is 7.33. The molecule has 0 bridgehead atoms. The Morgan fingerprint density at radius 3 is 1.81 bits per heavy atom. The second-order valence-corrected chi connectivity index (χ2v) is 11.9. The Morgan fingerprint density at radius 2 is 1.24 bits per heavy atom. The monoisotopic (exact) mass is 504 g/mol. The minimum atomic E-state index is -0.458. The molecule has 2 fully saturated rings. The van der Waals surface area contributed by atoms with Gasteiger partial charge in [-0.15, -0.1) is 0 Å². The molecule has 37 heavy (non-hydrogen) atoms. The normalized spacial score (nSPS) is 24.0. The molecule has 1 heterocycles. The van der Waals surface area contributed by atoms with Crippen LogP contribution >= 0.6 is 0 Å². The molecule has 0 amide bonds. The van der Waals surface area contributed by atoms with E-state index in [1.54, 1.807) is 0 Å². The summed E-state index contributed by atoms with van der Waals surface area (Å²) in [6.07, 6.45) is 21.1. The molecular weight excluding hydrogens is 452 g/mol. The van der Waals surface area contributed by atoms with Gasteiger partial charge < -0.3 is 9.47 Å². The van der Waals surface area contributed by atoms with Crippen molar-refractivity contribution in [1.82, 2.24) is 0 Å². The number of hydrogen-bond acceptors (Lipinski definition) is 2. The van der Waals surface area contributed by atoms with E-state index in [1.165, 1.54) is 94.6 Å². The van der Waals surface area contributed by atoms with Crippen LogP contribution in [0.2, 0.25) is 0 Å². The zero-order chi connectivity index (χ0) is 25.8. The molecule has 4 rings (SSSR count). The van der Waals surface area contributed by atoms with Crippen LogP contribution < -0.4 is 0 Å². The lowest BCUT2D eigenvalue weighted by Gasteiger charge is -2.46. The van der Waals surface area contributed by atoms with Crippen LogP contribution in [0.25, 0.3) is 0 Å². The quantitative estimate of drug-likeness (QED) is 0.199. The van der Waals surface area contributed by atoms with Crippen molar-refractivity contribution in [1.29, 1.82) is 0 Å². The van der Waals surface area contributed by atoms with E-state index >= 15 is 0 Å². The summed E-state index contributed by atoms with van der Waals surface area (Å²) in [5.74, 6) is -0.158. The van der Waals surface area contributed by atoms with Gasteiger partial charge in [0.1, 0.15) is 0 Å². The second kappa shape index (κ2) is 14.5. The highest BCUT2D eigenvalue weighted by Crippen LogP contribution is 2.64. The van der Waals surface area contributed by atoms with Crippen molar-refractivity contribution in [2.24, 2.45) is 5.41 Å². The molecular formula is C35H52O2. The van der Waals surface area contributed by atoms with E-state index in [0.717, 1.165) is 25.9 Å². The van der Waals surface area contributed by atoms with Crippen LogP contribution in [-0.2, 0) is 9.47 Å². The van der Waals surface area contributed by atoms with E-state index in [4.69, 9.17) is 9.47 Å². The SMILES string of the molecule is CCCCCCCCCCCCC[C@@H](C)O[C@@]12CCC[C@]1(C(c1ccccc1)c1ccccc1)CCO2. The van der Waals surface area contributed by atoms with E-state index in [-0.39, 0.29) is 11.5 Å². The third-order valence-electron chi connectivity index (χ3n) is 9.19. The lowest BCUT2D eigenvalue weighted by molar-refractivity contribution is -0.269. The number of hydrogen-bond donors (Lipinski definition) is 0. The Balaban J connectivity index is 1.32. The predicted molar refractivity (Wildman–Crippen MR) is 156 cm³/mol. The Morgan fingerprint density at radius 1 is 0.703 bits per heavy atom. The number of rotatable bonds is 17. The van der Waals surface area contributed by atoms with Gasteiger partial charge in [0.25, 0.3) is 0 Å². The van der Waals surface area contributed by atoms with Gasteiger partial charge in [0.05, 0.1) is 12.7 Å². The summed E-state index contributed by atoms with van der Waals surface area (Å²) in [7, 11) is 0. The van der Waals surface area contributed by atoms with Crippen LogP contribution in [0.5, 0.6) is 0 Å². The third kappa shape index (κ3) is 7.07. The highest BCUT2D eigenvalue weighted by Gasteiger charge is 2.64. The lowest BCUT2D eigenvalue weighted by atomic mass is 9.64. The Bertz CT molecular complexity index is 827. The van der Waals surface area contributed by atoms with E-state index in [2.05, 4.69) is 74.5 Å². The van der Waals surface area contributed by atoms with Crippen LogP contribution in [0, 0.1) is 5.41 Å². The molecule has 1 saturated heterocycles. The number of fused-ring (bicyclic) bond motifs is 1. The van der Waals surface area contributed by atoms with Crippen LogP contribution in [0.15, 0.2) is 60.7 Å². The summed E-state index contributed by atoms with van der Waals surface area (Å²) in [6.45, 7) is 5.39. The van der Waals surface area contributed by atoms with Gasteiger partial charge >= 0.3 is 0 Å².